The Balaban J connectivity index is 1.97. The van der Waals surface area contributed by atoms with Crippen LogP contribution in [0.25, 0.3) is 11.1 Å². The van der Waals surface area contributed by atoms with E-state index in [1.807, 2.05) is 40.0 Å². The fourth-order valence-corrected chi connectivity index (χ4v) is 3.80. The van der Waals surface area contributed by atoms with Crippen LogP contribution in [-0.4, -0.2) is 36.4 Å². The van der Waals surface area contributed by atoms with Crippen LogP contribution in [0, 0.1) is 0 Å². The number of fused-ring (bicyclic) bond motifs is 1. The van der Waals surface area contributed by atoms with Crippen LogP contribution in [0.1, 0.15) is 37.5 Å². The Kier molecular flexibility index (Phi) is 6.50. The molecule has 0 radical (unpaired) electrons. The Morgan fingerprint density at radius 3 is 2.52 bits per heavy atom. The topological polar surface area (TPSA) is 53.6 Å². The molecule has 1 aliphatic heterocycles. The summed E-state index contributed by atoms with van der Waals surface area (Å²) in [5.41, 5.74) is 4.32. The molecule has 0 aliphatic carbocycles. The predicted octanol–water partition coefficient (Wildman–Crippen LogP) is 4.84. The minimum Gasteiger partial charge on any atom is -0.406 e. The van der Waals surface area contributed by atoms with Gasteiger partial charge in [-0.15, -0.1) is 13.2 Å². The minimum absolute atomic E-state index is 0.125. The number of hydrogen-bond donors (Lipinski definition) is 2. The highest BCUT2D eigenvalue weighted by molar-refractivity contribution is 5.77. The lowest BCUT2D eigenvalue weighted by Crippen LogP contribution is -2.50. The molecule has 0 fully saturated rings. The summed E-state index contributed by atoms with van der Waals surface area (Å²) in [6.45, 7) is 7.41. The van der Waals surface area contributed by atoms with Crippen LogP contribution in [-0.2, 0) is 19.5 Å². The first kappa shape index (κ1) is 22.9. The molecule has 3 rings (SSSR count). The van der Waals surface area contributed by atoms with Crippen LogP contribution < -0.4 is 15.4 Å². The largest absolute Gasteiger partial charge is 0.573 e. The normalized spacial score (nSPS) is 14.2. The molecule has 0 aromatic heterocycles. The fourth-order valence-electron chi connectivity index (χ4n) is 3.80. The van der Waals surface area contributed by atoms with E-state index >= 15 is 0 Å². The van der Waals surface area contributed by atoms with Crippen LogP contribution in [0.15, 0.2) is 36.4 Å². The summed E-state index contributed by atoms with van der Waals surface area (Å²) in [5.74, 6) is -0.250. The number of urea groups is 1. The van der Waals surface area contributed by atoms with E-state index in [1.165, 1.54) is 12.1 Å². The van der Waals surface area contributed by atoms with Crippen molar-refractivity contribution < 1.29 is 22.7 Å². The lowest BCUT2D eigenvalue weighted by Gasteiger charge is -2.34. The lowest BCUT2D eigenvalue weighted by molar-refractivity contribution is -0.274. The highest BCUT2D eigenvalue weighted by atomic mass is 19.4. The van der Waals surface area contributed by atoms with Gasteiger partial charge in [-0.3, -0.25) is 0 Å². The molecule has 168 valence electrons. The average Bonchev–Trinajstić information content (AvgIpc) is 2.65. The van der Waals surface area contributed by atoms with E-state index in [0.717, 1.165) is 22.3 Å². The maximum absolute atomic E-state index is 12.7. The summed E-state index contributed by atoms with van der Waals surface area (Å²) in [6.07, 6.45) is -4.13. The molecule has 0 atom stereocenters. The first-order chi connectivity index (χ1) is 14.5. The molecule has 1 aliphatic rings. The van der Waals surface area contributed by atoms with E-state index < -0.39 is 6.36 Å². The molecular weight excluding hydrogens is 407 g/mol. The standard InChI is InChI=1S/C23H28F3N3O2/c1-22(2,3)28-21(30)29-11-10-19-18(9-8-16(13-27-4)20(19)14-29)15-6-5-7-17(12-15)31-23(24,25)26/h5-9,12,27H,10-11,13-14H2,1-4H3,(H,28,30). The Hall–Kier alpha value is -2.74. The fraction of sp³-hybridized carbons (Fsp3) is 0.435. The minimum atomic E-state index is -4.74. The zero-order valence-corrected chi connectivity index (χ0v) is 18.2. The van der Waals surface area contributed by atoms with Gasteiger partial charge in [0, 0.05) is 25.2 Å². The molecule has 0 unspecified atom stereocenters. The maximum Gasteiger partial charge on any atom is 0.573 e. The number of nitrogens with zero attached hydrogens (tertiary/aromatic N) is 1. The lowest BCUT2D eigenvalue weighted by atomic mass is 9.87. The van der Waals surface area contributed by atoms with Gasteiger partial charge >= 0.3 is 12.4 Å². The number of alkyl halides is 3. The van der Waals surface area contributed by atoms with Gasteiger partial charge in [-0.2, -0.15) is 0 Å². The maximum atomic E-state index is 12.7. The number of hydrogen-bond acceptors (Lipinski definition) is 3. The van der Waals surface area contributed by atoms with Crippen molar-refractivity contribution in [1.82, 2.24) is 15.5 Å². The molecule has 1 heterocycles. The van der Waals surface area contributed by atoms with Crippen molar-refractivity contribution in [2.75, 3.05) is 13.6 Å². The second-order valence-electron chi connectivity index (χ2n) is 8.69. The van der Waals surface area contributed by atoms with Crippen molar-refractivity contribution in [2.24, 2.45) is 0 Å². The summed E-state index contributed by atoms with van der Waals surface area (Å²) < 4.78 is 42.0. The molecule has 0 saturated carbocycles. The van der Waals surface area contributed by atoms with Gasteiger partial charge in [0.25, 0.3) is 0 Å². The first-order valence-corrected chi connectivity index (χ1v) is 10.2. The molecule has 0 spiro atoms. The van der Waals surface area contributed by atoms with Crippen molar-refractivity contribution in [2.45, 2.75) is 52.2 Å². The number of rotatable bonds is 4. The number of carbonyl (C=O) groups excluding carboxylic acids is 1. The SMILES string of the molecule is CNCc1ccc(-c2cccc(OC(F)(F)F)c2)c2c1CN(C(=O)NC(C)(C)C)CC2. The van der Waals surface area contributed by atoms with E-state index in [1.54, 1.807) is 17.0 Å². The van der Waals surface area contributed by atoms with E-state index in [4.69, 9.17) is 0 Å². The van der Waals surface area contributed by atoms with Crippen LogP contribution >= 0.6 is 0 Å². The Morgan fingerprint density at radius 2 is 1.87 bits per heavy atom. The van der Waals surface area contributed by atoms with Gasteiger partial charge < -0.3 is 20.3 Å². The molecule has 0 saturated heterocycles. The second-order valence-corrected chi connectivity index (χ2v) is 8.69. The van der Waals surface area contributed by atoms with Crippen molar-refractivity contribution in [3.8, 4) is 16.9 Å². The van der Waals surface area contributed by atoms with Gasteiger partial charge in [0.2, 0.25) is 0 Å². The molecular formula is C23H28F3N3O2. The zero-order valence-electron chi connectivity index (χ0n) is 18.2. The van der Waals surface area contributed by atoms with E-state index in [-0.39, 0.29) is 17.3 Å². The third-order valence-corrected chi connectivity index (χ3v) is 5.02. The molecule has 2 aromatic carbocycles. The molecule has 31 heavy (non-hydrogen) atoms. The Morgan fingerprint density at radius 1 is 1.13 bits per heavy atom. The summed E-state index contributed by atoms with van der Waals surface area (Å²) in [4.78, 5) is 14.5. The van der Waals surface area contributed by atoms with Crippen molar-refractivity contribution in [3.63, 3.8) is 0 Å². The molecule has 0 bridgehead atoms. The van der Waals surface area contributed by atoms with Gasteiger partial charge in [-0.1, -0.05) is 24.3 Å². The number of amides is 2. The Bertz CT molecular complexity index is 952. The van der Waals surface area contributed by atoms with Gasteiger partial charge in [-0.05, 0) is 74.2 Å². The highest BCUT2D eigenvalue weighted by Gasteiger charge is 2.31. The van der Waals surface area contributed by atoms with E-state index in [9.17, 15) is 18.0 Å². The van der Waals surface area contributed by atoms with E-state index in [0.29, 0.717) is 31.6 Å². The van der Waals surface area contributed by atoms with Gasteiger partial charge in [0.15, 0.2) is 0 Å². The smallest absolute Gasteiger partial charge is 0.406 e. The van der Waals surface area contributed by atoms with Gasteiger partial charge in [0.1, 0.15) is 5.75 Å². The van der Waals surface area contributed by atoms with Crippen molar-refractivity contribution in [3.05, 3.63) is 53.1 Å². The van der Waals surface area contributed by atoms with Crippen LogP contribution in [0.3, 0.4) is 0 Å². The molecule has 8 heteroatoms. The number of carbonyl (C=O) groups is 1. The number of benzene rings is 2. The molecule has 2 amide bonds. The summed E-state index contributed by atoms with van der Waals surface area (Å²) in [6, 6.07) is 9.79. The van der Waals surface area contributed by atoms with Crippen LogP contribution in [0.5, 0.6) is 5.75 Å². The zero-order chi connectivity index (χ0) is 22.8. The van der Waals surface area contributed by atoms with Crippen molar-refractivity contribution in [1.29, 1.82) is 0 Å². The van der Waals surface area contributed by atoms with E-state index in [2.05, 4.69) is 15.4 Å². The number of ether oxygens (including phenoxy) is 1. The monoisotopic (exact) mass is 435 g/mol. The number of halogens is 3. The average molecular weight is 435 g/mol. The Labute approximate surface area is 180 Å². The van der Waals surface area contributed by atoms with Crippen LogP contribution in [0.2, 0.25) is 0 Å². The molecule has 5 nitrogen and oxygen atoms in total. The summed E-state index contributed by atoms with van der Waals surface area (Å²) >= 11 is 0. The quantitative estimate of drug-likeness (QED) is 0.723. The van der Waals surface area contributed by atoms with Gasteiger partial charge in [0.05, 0.1) is 0 Å². The summed E-state index contributed by atoms with van der Waals surface area (Å²) in [5, 5.41) is 6.14. The second kappa shape index (κ2) is 8.78. The van der Waals surface area contributed by atoms with Crippen LogP contribution in [0.4, 0.5) is 18.0 Å². The third-order valence-electron chi connectivity index (χ3n) is 5.02. The van der Waals surface area contributed by atoms with Gasteiger partial charge in [-0.25, -0.2) is 4.79 Å². The number of nitrogens with one attached hydrogen (secondary N) is 2. The molecule has 2 aromatic rings. The third kappa shape index (κ3) is 5.91. The predicted molar refractivity (Wildman–Crippen MR) is 114 cm³/mol. The highest BCUT2D eigenvalue weighted by Crippen LogP contribution is 2.35. The summed E-state index contributed by atoms with van der Waals surface area (Å²) in [7, 11) is 1.85. The molecule has 2 N–H and O–H groups in total. The first-order valence-electron chi connectivity index (χ1n) is 10.2. The van der Waals surface area contributed by atoms with Crippen molar-refractivity contribution >= 4 is 6.03 Å².